The molecule has 1 aromatic heterocycles. The maximum atomic E-state index is 12.6. The summed E-state index contributed by atoms with van der Waals surface area (Å²) in [5, 5.41) is 12.2. The van der Waals surface area contributed by atoms with E-state index in [-0.39, 0.29) is 11.7 Å². The Balaban J connectivity index is 1.53. The number of nitrogens with one attached hydrogen (secondary N) is 1. The number of hydrogen-bond acceptors (Lipinski definition) is 7. The van der Waals surface area contributed by atoms with Crippen molar-refractivity contribution < 1.29 is 19.0 Å². The van der Waals surface area contributed by atoms with E-state index in [4.69, 9.17) is 14.2 Å². The second kappa shape index (κ2) is 11.4. The first-order valence-electron chi connectivity index (χ1n) is 11.0. The highest BCUT2D eigenvalue weighted by atomic mass is 32.2. The molecule has 0 aliphatic rings. The molecule has 0 saturated heterocycles. The number of methoxy groups -OCH3 is 2. The van der Waals surface area contributed by atoms with E-state index in [0.717, 1.165) is 11.4 Å². The summed E-state index contributed by atoms with van der Waals surface area (Å²) in [5.74, 6) is 2.60. The lowest BCUT2D eigenvalue weighted by molar-refractivity contribution is -0.113. The summed E-state index contributed by atoms with van der Waals surface area (Å²) < 4.78 is 18.6. The minimum Gasteiger partial charge on any atom is -0.497 e. The Bertz CT molecular complexity index is 1260. The summed E-state index contributed by atoms with van der Waals surface area (Å²) in [5.41, 5.74) is 1.57. The van der Waals surface area contributed by atoms with Gasteiger partial charge in [0.15, 0.2) is 28.6 Å². The van der Waals surface area contributed by atoms with Gasteiger partial charge in [-0.2, -0.15) is 0 Å². The van der Waals surface area contributed by atoms with Crippen LogP contribution in [0.5, 0.6) is 17.2 Å². The van der Waals surface area contributed by atoms with Gasteiger partial charge in [0.05, 0.1) is 20.0 Å². The van der Waals surface area contributed by atoms with Crippen LogP contribution in [0.25, 0.3) is 5.69 Å². The Morgan fingerprint density at radius 3 is 2.29 bits per heavy atom. The highest BCUT2D eigenvalue weighted by Gasteiger charge is 2.22. The molecule has 1 atom stereocenters. The van der Waals surface area contributed by atoms with Crippen molar-refractivity contribution in [3.8, 4) is 22.9 Å². The molecule has 0 saturated carbocycles. The molecule has 0 radical (unpaired) electrons. The molecule has 0 spiro atoms. The summed E-state index contributed by atoms with van der Waals surface area (Å²) in [6.07, 6.45) is -0.429. The number of aromatic nitrogens is 3. The van der Waals surface area contributed by atoms with E-state index in [9.17, 15) is 4.79 Å². The van der Waals surface area contributed by atoms with Gasteiger partial charge >= 0.3 is 0 Å². The summed E-state index contributed by atoms with van der Waals surface area (Å²) in [6, 6.07) is 24.4. The SMILES string of the molecule is COc1ccc(NC(=O)CSc2nnc(C(C)Oc3ccccc3OC)n2-c2ccccc2)cc1. The van der Waals surface area contributed by atoms with E-state index in [1.54, 1.807) is 38.5 Å². The van der Waals surface area contributed by atoms with E-state index in [1.807, 2.05) is 66.1 Å². The van der Waals surface area contributed by atoms with E-state index in [2.05, 4.69) is 15.5 Å². The van der Waals surface area contributed by atoms with Gasteiger partial charge in [-0.05, 0) is 55.5 Å². The highest BCUT2D eigenvalue weighted by Crippen LogP contribution is 2.32. The lowest BCUT2D eigenvalue weighted by Gasteiger charge is -2.18. The smallest absolute Gasteiger partial charge is 0.234 e. The van der Waals surface area contributed by atoms with Crippen molar-refractivity contribution in [2.75, 3.05) is 25.3 Å². The molecule has 4 aromatic rings. The minimum absolute atomic E-state index is 0.150. The largest absolute Gasteiger partial charge is 0.497 e. The molecule has 1 amide bonds. The molecule has 1 heterocycles. The number of para-hydroxylation sites is 3. The highest BCUT2D eigenvalue weighted by molar-refractivity contribution is 7.99. The van der Waals surface area contributed by atoms with Crippen molar-refractivity contribution in [3.63, 3.8) is 0 Å². The zero-order chi connectivity index (χ0) is 24.6. The zero-order valence-electron chi connectivity index (χ0n) is 19.7. The van der Waals surface area contributed by atoms with Crippen LogP contribution in [0, 0.1) is 0 Å². The molecular formula is C26H26N4O4S. The van der Waals surface area contributed by atoms with Crippen LogP contribution in [0.4, 0.5) is 5.69 Å². The number of carbonyl (C=O) groups excluding carboxylic acids is 1. The maximum Gasteiger partial charge on any atom is 0.234 e. The van der Waals surface area contributed by atoms with Crippen molar-refractivity contribution in [1.82, 2.24) is 14.8 Å². The third-order valence-electron chi connectivity index (χ3n) is 5.12. The van der Waals surface area contributed by atoms with Crippen LogP contribution in [0.2, 0.25) is 0 Å². The molecule has 0 aliphatic heterocycles. The quantitative estimate of drug-likeness (QED) is 0.307. The van der Waals surface area contributed by atoms with Gasteiger partial charge in [-0.3, -0.25) is 9.36 Å². The number of anilines is 1. The molecule has 1 N–H and O–H groups in total. The molecule has 180 valence electrons. The first kappa shape index (κ1) is 24.2. The summed E-state index contributed by atoms with van der Waals surface area (Å²) in [4.78, 5) is 12.6. The predicted octanol–water partition coefficient (Wildman–Crippen LogP) is 5.16. The number of carbonyl (C=O) groups is 1. The maximum absolute atomic E-state index is 12.6. The van der Waals surface area contributed by atoms with Crippen LogP contribution in [0.15, 0.2) is 84.0 Å². The molecule has 0 aliphatic carbocycles. The number of rotatable bonds is 10. The van der Waals surface area contributed by atoms with Gasteiger partial charge in [0.25, 0.3) is 0 Å². The average Bonchev–Trinajstić information content (AvgIpc) is 3.33. The Morgan fingerprint density at radius 2 is 1.60 bits per heavy atom. The fourth-order valence-corrected chi connectivity index (χ4v) is 4.18. The molecule has 4 rings (SSSR count). The second-order valence-electron chi connectivity index (χ2n) is 7.49. The number of benzene rings is 3. The number of ether oxygens (including phenoxy) is 3. The topological polar surface area (TPSA) is 87.5 Å². The van der Waals surface area contributed by atoms with Crippen molar-refractivity contribution in [2.24, 2.45) is 0 Å². The number of amides is 1. The lowest BCUT2D eigenvalue weighted by Crippen LogP contribution is -2.15. The fraction of sp³-hybridized carbons (Fsp3) is 0.192. The van der Waals surface area contributed by atoms with Gasteiger partial charge in [-0.15, -0.1) is 10.2 Å². The van der Waals surface area contributed by atoms with Crippen LogP contribution in [-0.2, 0) is 4.79 Å². The molecular weight excluding hydrogens is 464 g/mol. The number of thioether (sulfide) groups is 1. The predicted molar refractivity (Wildman–Crippen MR) is 136 cm³/mol. The van der Waals surface area contributed by atoms with Crippen LogP contribution in [-0.4, -0.2) is 40.6 Å². The number of nitrogens with zero attached hydrogens (tertiary/aromatic N) is 3. The molecule has 3 aromatic carbocycles. The average molecular weight is 491 g/mol. The number of hydrogen-bond donors (Lipinski definition) is 1. The summed E-state index contributed by atoms with van der Waals surface area (Å²) in [6.45, 7) is 1.90. The van der Waals surface area contributed by atoms with Crippen molar-refractivity contribution >= 4 is 23.4 Å². The third kappa shape index (κ3) is 5.93. The first-order chi connectivity index (χ1) is 17.1. The normalized spacial score (nSPS) is 11.5. The lowest BCUT2D eigenvalue weighted by atomic mass is 10.3. The van der Waals surface area contributed by atoms with Crippen molar-refractivity contribution in [2.45, 2.75) is 18.2 Å². The van der Waals surface area contributed by atoms with E-state index < -0.39 is 6.10 Å². The van der Waals surface area contributed by atoms with Crippen LogP contribution in [0.3, 0.4) is 0 Å². The Labute approximate surface area is 208 Å². The van der Waals surface area contributed by atoms with Gasteiger partial charge in [-0.25, -0.2) is 0 Å². The van der Waals surface area contributed by atoms with Crippen LogP contribution < -0.4 is 19.5 Å². The summed E-state index contributed by atoms with van der Waals surface area (Å²) in [7, 11) is 3.20. The van der Waals surface area contributed by atoms with E-state index >= 15 is 0 Å². The van der Waals surface area contributed by atoms with E-state index in [1.165, 1.54) is 11.8 Å². The Kier molecular flexibility index (Phi) is 7.89. The molecule has 1 unspecified atom stereocenters. The van der Waals surface area contributed by atoms with Gasteiger partial charge in [0.2, 0.25) is 5.91 Å². The van der Waals surface area contributed by atoms with Gasteiger partial charge in [0, 0.05) is 11.4 Å². The first-order valence-corrected chi connectivity index (χ1v) is 11.9. The Morgan fingerprint density at radius 1 is 0.914 bits per heavy atom. The second-order valence-corrected chi connectivity index (χ2v) is 8.43. The molecule has 0 fully saturated rings. The van der Waals surface area contributed by atoms with Crippen molar-refractivity contribution in [3.05, 3.63) is 84.7 Å². The van der Waals surface area contributed by atoms with Gasteiger partial charge in [-0.1, -0.05) is 42.1 Å². The van der Waals surface area contributed by atoms with Gasteiger partial charge in [0.1, 0.15) is 5.75 Å². The molecule has 9 heteroatoms. The fourth-order valence-electron chi connectivity index (χ4n) is 3.42. The van der Waals surface area contributed by atoms with Crippen LogP contribution in [0.1, 0.15) is 18.9 Å². The molecule has 8 nitrogen and oxygen atoms in total. The standard InChI is InChI=1S/C26H26N4O4S/c1-18(34-23-12-8-7-11-22(23)33-3)25-28-29-26(30(25)20-9-5-4-6-10-20)35-17-24(31)27-19-13-15-21(32-2)16-14-19/h4-16,18H,17H2,1-3H3,(H,27,31). The van der Waals surface area contributed by atoms with E-state index in [0.29, 0.717) is 28.2 Å². The summed E-state index contributed by atoms with van der Waals surface area (Å²) >= 11 is 1.30. The molecule has 0 bridgehead atoms. The minimum atomic E-state index is -0.429. The third-order valence-corrected chi connectivity index (χ3v) is 6.04. The molecule has 35 heavy (non-hydrogen) atoms. The van der Waals surface area contributed by atoms with Crippen LogP contribution >= 0.6 is 11.8 Å². The zero-order valence-corrected chi connectivity index (χ0v) is 20.5. The monoisotopic (exact) mass is 490 g/mol. The van der Waals surface area contributed by atoms with Crippen molar-refractivity contribution in [1.29, 1.82) is 0 Å². The Hall–Kier alpha value is -3.98. The van der Waals surface area contributed by atoms with Gasteiger partial charge < -0.3 is 19.5 Å².